The van der Waals surface area contributed by atoms with Crippen LogP contribution >= 0.6 is 0 Å². The summed E-state index contributed by atoms with van der Waals surface area (Å²) >= 11 is 0. The van der Waals surface area contributed by atoms with Crippen molar-refractivity contribution >= 4 is 11.4 Å². The van der Waals surface area contributed by atoms with Crippen molar-refractivity contribution in [3.05, 3.63) is 23.8 Å². The van der Waals surface area contributed by atoms with Crippen LogP contribution in [0.5, 0.6) is 0 Å². The molecule has 0 aromatic heterocycles. The van der Waals surface area contributed by atoms with Crippen LogP contribution in [0.2, 0.25) is 0 Å². The molecule has 0 bridgehead atoms. The molecular weight excluding hydrogens is 234 g/mol. The van der Waals surface area contributed by atoms with Gasteiger partial charge in [-0.25, -0.2) is 0 Å². The Kier molecular flexibility index (Phi) is 5.69. The third-order valence-electron chi connectivity index (χ3n) is 2.89. The second kappa shape index (κ2) is 7.04. The lowest BCUT2D eigenvalue weighted by Crippen LogP contribution is -2.31. The summed E-state index contributed by atoms with van der Waals surface area (Å²) in [5.41, 5.74) is 9.00. The summed E-state index contributed by atoms with van der Waals surface area (Å²) in [7, 11) is 0. The lowest BCUT2D eigenvalue weighted by molar-refractivity contribution is 0.553. The molecule has 0 amide bonds. The Morgan fingerprint density at radius 2 is 1.74 bits per heavy atom. The van der Waals surface area contributed by atoms with Crippen LogP contribution in [0.3, 0.4) is 0 Å². The molecule has 2 N–H and O–H groups in total. The quantitative estimate of drug-likeness (QED) is 0.796. The number of nitrogens with two attached hydrogens (primary N) is 1. The minimum Gasteiger partial charge on any atom is -0.397 e. The number of anilines is 2. The topological polar surface area (TPSA) is 53.0 Å². The zero-order valence-electron chi connectivity index (χ0n) is 12.5. The molecule has 0 saturated carbocycles. The van der Waals surface area contributed by atoms with Gasteiger partial charge in [0.15, 0.2) is 0 Å². The molecule has 0 aliphatic rings. The molecule has 0 radical (unpaired) electrons. The highest BCUT2D eigenvalue weighted by Crippen LogP contribution is 2.26. The number of hydrogen-bond donors (Lipinski definition) is 1. The molecule has 1 aromatic carbocycles. The molecule has 0 aliphatic carbocycles. The predicted molar refractivity (Wildman–Crippen MR) is 82.1 cm³/mol. The molecule has 3 nitrogen and oxygen atoms in total. The minimum absolute atomic E-state index is 0.416. The molecule has 19 heavy (non-hydrogen) atoms. The van der Waals surface area contributed by atoms with E-state index in [0.29, 0.717) is 18.3 Å². The van der Waals surface area contributed by atoms with E-state index in [1.54, 1.807) is 0 Å². The van der Waals surface area contributed by atoms with Gasteiger partial charge < -0.3 is 10.6 Å². The van der Waals surface area contributed by atoms with E-state index in [0.717, 1.165) is 30.0 Å². The first-order chi connectivity index (χ1) is 8.93. The van der Waals surface area contributed by atoms with Crippen LogP contribution in [0.1, 0.15) is 33.3 Å². The molecule has 1 rings (SSSR count). The number of hydrogen-bond acceptors (Lipinski definition) is 3. The fourth-order valence-corrected chi connectivity index (χ4v) is 2.25. The Labute approximate surface area is 117 Å². The molecule has 0 atom stereocenters. The van der Waals surface area contributed by atoms with Gasteiger partial charge in [-0.2, -0.15) is 5.26 Å². The Morgan fingerprint density at radius 3 is 2.16 bits per heavy atom. The number of rotatable bonds is 6. The predicted octanol–water partition coefficient (Wildman–Crippen LogP) is 3.45. The fourth-order valence-electron chi connectivity index (χ4n) is 2.25. The molecule has 1 aromatic rings. The van der Waals surface area contributed by atoms with Gasteiger partial charge in [-0.1, -0.05) is 33.8 Å². The van der Waals surface area contributed by atoms with E-state index in [9.17, 15) is 0 Å². The largest absolute Gasteiger partial charge is 0.397 e. The Bertz CT molecular complexity index is 434. The number of nitrogen functional groups attached to an aromatic ring is 1. The van der Waals surface area contributed by atoms with E-state index in [4.69, 9.17) is 11.0 Å². The summed E-state index contributed by atoms with van der Waals surface area (Å²) in [6.07, 6.45) is 0.416. The van der Waals surface area contributed by atoms with Crippen molar-refractivity contribution in [3.63, 3.8) is 0 Å². The summed E-state index contributed by atoms with van der Waals surface area (Å²) < 4.78 is 0. The minimum atomic E-state index is 0.416. The van der Waals surface area contributed by atoms with Gasteiger partial charge >= 0.3 is 0 Å². The van der Waals surface area contributed by atoms with Crippen LogP contribution in [0.25, 0.3) is 0 Å². The van der Waals surface area contributed by atoms with Crippen molar-refractivity contribution < 1.29 is 0 Å². The molecular formula is C16H25N3. The first kappa shape index (κ1) is 15.4. The number of benzene rings is 1. The molecule has 0 heterocycles. The molecule has 0 saturated heterocycles. The maximum Gasteiger partial charge on any atom is 0.0669 e. The first-order valence-electron chi connectivity index (χ1n) is 6.94. The third kappa shape index (κ3) is 4.82. The van der Waals surface area contributed by atoms with Gasteiger partial charge in [-0.3, -0.25) is 0 Å². The van der Waals surface area contributed by atoms with Crippen LogP contribution in [0.4, 0.5) is 11.4 Å². The van der Waals surface area contributed by atoms with Crippen LogP contribution in [-0.4, -0.2) is 13.1 Å². The van der Waals surface area contributed by atoms with Crippen molar-refractivity contribution in [2.24, 2.45) is 11.8 Å². The summed E-state index contributed by atoms with van der Waals surface area (Å²) in [5.74, 6) is 1.19. The van der Waals surface area contributed by atoms with E-state index >= 15 is 0 Å². The zero-order valence-corrected chi connectivity index (χ0v) is 12.5. The maximum absolute atomic E-state index is 8.73. The van der Waals surface area contributed by atoms with Crippen molar-refractivity contribution in [1.29, 1.82) is 5.26 Å². The number of nitriles is 1. The Hall–Kier alpha value is -1.69. The SMILES string of the molecule is CC(C)CN(CC(C)C)c1ccc(CC#N)cc1N. The van der Waals surface area contributed by atoms with Crippen LogP contribution in [-0.2, 0) is 6.42 Å². The lowest BCUT2D eigenvalue weighted by atomic mass is 10.1. The van der Waals surface area contributed by atoms with E-state index in [-0.39, 0.29) is 0 Å². The maximum atomic E-state index is 8.73. The van der Waals surface area contributed by atoms with E-state index in [1.807, 2.05) is 18.2 Å². The van der Waals surface area contributed by atoms with Gasteiger partial charge in [0.2, 0.25) is 0 Å². The monoisotopic (exact) mass is 259 g/mol. The molecule has 0 fully saturated rings. The fraction of sp³-hybridized carbons (Fsp3) is 0.562. The average Bonchev–Trinajstić information content (AvgIpc) is 2.27. The third-order valence-corrected chi connectivity index (χ3v) is 2.89. The molecule has 3 heteroatoms. The number of nitrogens with zero attached hydrogens (tertiary/aromatic N) is 2. The van der Waals surface area contributed by atoms with Crippen molar-refractivity contribution in [2.75, 3.05) is 23.7 Å². The lowest BCUT2D eigenvalue weighted by Gasteiger charge is -2.29. The van der Waals surface area contributed by atoms with Gasteiger partial charge in [-0.05, 0) is 29.5 Å². The summed E-state index contributed by atoms with van der Waals surface area (Å²) in [6, 6.07) is 8.13. The summed E-state index contributed by atoms with van der Waals surface area (Å²) in [4.78, 5) is 2.35. The van der Waals surface area contributed by atoms with Crippen LogP contribution in [0.15, 0.2) is 18.2 Å². The van der Waals surface area contributed by atoms with Gasteiger partial charge in [0.1, 0.15) is 0 Å². The van der Waals surface area contributed by atoms with Gasteiger partial charge in [0.05, 0.1) is 23.9 Å². The second-order valence-corrected chi connectivity index (χ2v) is 5.92. The Morgan fingerprint density at radius 1 is 1.16 bits per heavy atom. The molecule has 0 unspecified atom stereocenters. The first-order valence-corrected chi connectivity index (χ1v) is 6.94. The van der Waals surface area contributed by atoms with Crippen molar-refractivity contribution in [2.45, 2.75) is 34.1 Å². The van der Waals surface area contributed by atoms with E-state index in [2.05, 4.69) is 38.7 Å². The summed E-state index contributed by atoms with van der Waals surface area (Å²) in [6.45, 7) is 10.9. The Balaban J connectivity index is 2.98. The highest BCUT2D eigenvalue weighted by molar-refractivity contribution is 5.68. The van der Waals surface area contributed by atoms with E-state index in [1.165, 1.54) is 0 Å². The second-order valence-electron chi connectivity index (χ2n) is 5.92. The molecule has 0 spiro atoms. The van der Waals surface area contributed by atoms with Gasteiger partial charge in [0, 0.05) is 13.1 Å². The van der Waals surface area contributed by atoms with E-state index < -0.39 is 0 Å². The van der Waals surface area contributed by atoms with Crippen LogP contribution in [0, 0.1) is 23.2 Å². The van der Waals surface area contributed by atoms with Gasteiger partial charge in [0.25, 0.3) is 0 Å². The zero-order chi connectivity index (χ0) is 14.4. The van der Waals surface area contributed by atoms with Crippen LogP contribution < -0.4 is 10.6 Å². The standard InChI is InChI=1S/C16H25N3/c1-12(2)10-19(11-13(3)4)16-6-5-14(7-8-17)9-15(16)18/h5-6,9,12-13H,7,10-11,18H2,1-4H3. The van der Waals surface area contributed by atoms with Crippen molar-refractivity contribution in [1.82, 2.24) is 0 Å². The smallest absolute Gasteiger partial charge is 0.0669 e. The highest BCUT2D eigenvalue weighted by Gasteiger charge is 2.13. The van der Waals surface area contributed by atoms with Crippen molar-refractivity contribution in [3.8, 4) is 6.07 Å². The average molecular weight is 259 g/mol. The molecule has 104 valence electrons. The van der Waals surface area contributed by atoms with Gasteiger partial charge in [-0.15, -0.1) is 0 Å². The molecule has 0 aliphatic heterocycles. The highest BCUT2D eigenvalue weighted by atomic mass is 15.1. The normalized spacial score (nSPS) is 10.8. The summed E-state index contributed by atoms with van der Waals surface area (Å²) in [5, 5.41) is 8.73.